The fourth-order valence-corrected chi connectivity index (χ4v) is 3.61. The minimum absolute atomic E-state index is 0.151. The molecule has 1 heterocycles. The summed E-state index contributed by atoms with van der Waals surface area (Å²) in [7, 11) is 0. The van der Waals surface area contributed by atoms with E-state index in [2.05, 4.69) is 5.32 Å². The topological polar surface area (TPSA) is 119 Å². The second kappa shape index (κ2) is 9.18. The predicted molar refractivity (Wildman–Crippen MR) is 110 cm³/mol. The largest absolute Gasteiger partial charge is 0.370 e. The quantitative estimate of drug-likeness (QED) is 0.549. The first-order valence-electron chi connectivity index (χ1n) is 9.62. The first-order chi connectivity index (χ1) is 13.9. The third-order valence-electron chi connectivity index (χ3n) is 5.10. The molecule has 1 unspecified atom stereocenters. The van der Waals surface area contributed by atoms with Crippen molar-refractivity contribution in [1.82, 2.24) is 4.90 Å². The van der Waals surface area contributed by atoms with Crippen molar-refractivity contribution in [3.05, 3.63) is 64.2 Å². The average molecular weight is 396 g/mol. The molecule has 1 saturated heterocycles. The van der Waals surface area contributed by atoms with Crippen molar-refractivity contribution in [2.24, 2.45) is 11.7 Å². The van der Waals surface area contributed by atoms with E-state index in [9.17, 15) is 19.7 Å². The lowest BCUT2D eigenvalue weighted by atomic mass is 9.93. The van der Waals surface area contributed by atoms with Crippen LogP contribution in [0.25, 0.3) is 0 Å². The number of carbonyl (C=O) groups excluding carboxylic acids is 2. The monoisotopic (exact) mass is 396 g/mol. The van der Waals surface area contributed by atoms with Crippen LogP contribution in [0.1, 0.15) is 36.0 Å². The van der Waals surface area contributed by atoms with E-state index in [1.165, 1.54) is 6.07 Å². The fourth-order valence-electron chi connectivity index (χ4n) is 3.61. The summed E-state index contributed by atoms with van der Waals surface area (Å²) in [6.45, 7) is 1.13. The van der Waals surface area contributed by atoms with Crippen molar-refractivity contribution in [3.8, 4) is 0 Å². The van der Waals surface area contributed by atoms with E-state index in [1.807, 2.05) is 30.3 Å². The number of carbonyl (C=O) groups is 2. The van der Waals surface area contributed by atoms with Crippen LogP contribution in [-0.2, 0) is 4.79 Å². The maximum atomic E-state index is 12.9. The minimum atomic E-state index is -0.492. The van der Waals surface area contributed by atoms with Crippen LogP contribution in [0.15, 0.2) is 48.5 Å². The molecule has 0 aliphatic carbocycles. The lowest BCUT2D eigenvalue weighted by molar-refractivity contribution is -0.383. The Kier molecular flexibility index (Phi) is 6.43. The number of para-hydroxylation sites is 1. The molecule has 2 aromatic carbocycles. The number of hydrogen-bond acceptors (Lipinski definition) is 5. The van der Waals surface area contributed by atoms with Crippen molar-refractivity contribution in [2.45, 2.75) is 25.7 Å². The van der Waals surface area contributed by atoms with Gasteiger partial charge in [-0.25, -0.2) is 0 Å². The van der Waals surface area contributed by atoms with Crippen LogP contribution < -0.4 is 11.1 Å². The number of rotatable bonds is 7. The van der Waals surface area contributed by atoms with Crippen LogP contribution in [0.4, 0.5) is 17.1 Å². The zero-order valence-electron chi connectivity index (χ0n) is 16.0. The first-order valence-corrected chi connectivity index (χ1v) is 9.62. The Morgan fingerprint density at radius 3 is 2.66 bits per heavy atom. The third-order valence-corrected chi connectivity index (χ3v) is 5.10. The van der Waals surface area contributed by atoms with Gasteiger partial charge in [-0.2, -0.15) is 0 Å². The number of nitrogens with one attached hydrogen (secondary N) is 1. The molecule has 1 atom stereocenters. The average Bonchev–Trinajstić information content (AvgIpc) is 2.73. The van der Waals surface area contributed by atoms with Crippen LogP contribution in [0.2, 0.25) is 0 Å². The van der Waals surface area contributed by atoms with Gasteiger partial charge < -0.3 is 16.0 Å². The van der Waals surface area contributed by atoms with E-state index in [0.717, 1.165) is 18.5 Å². The van der Waals surface area contributed by atoms with Crippen LogP contribution >= 0.6 is 0 Å². The molecule has 0 saturated carbocycles. The summed E-state index contributed by atoms with van der Waals surface area (Å²) in [6.07, 6.45) is 2.74. The van der Waals surface area contributed by atoms with Gasteiger partial charge in [0.15, 0.2) is 0 Å². The van der Waals surface area contributed by atoms with Gasteiger partial charge in [0.05, 0.1) is 4.92 Å². The Labute approximate surface area is 168 Å². The van der Waals surface area contributed by atoms with Crippen LogP contribution in [0, 0.1) is 16.0 Å². The number of benzene rings is 2. The summed E-state index contributed by atoms with van der Waals surface area (Å²) < 4.78 is 0. The van der Waals surface area contributed by atoms with E-state index in [4.69, 9.17) is 5.73 Å². The summed E-state index contributed by atoms with van der Waals surface area (Å²) in [5.41, 5.74) is 6.41. The molecule has 3 N–H and O–H groups in total. The number of piperidine rings is 1. The summed E-state index contributed by atoms with van der Waals surface area (Å²) in [4.78, 5) is 36.7. The molecule has 2 amide bonds. The molecule has 1 aliphatic rings. The number of nitrogens with two attached hydrogens (primary N) is 1. The van der Waals surface area contributed by atoms with Gasteiger partial charge in [-0.05, 0) is 49.4 Å². The van der Waals surface area contributed by atoms with E-state index in [-0.39, 0.29) is 29.0 Å². The summed E-state index contributed by atoms with van der Waals surface area (Å²) in [6, 6.07) is 13.6. The van der Waals surface area contributed by atoms with Crippen molar-refractivity contribution in [2.75, 3.05) is 18.4 Å². The molecular weight excluding hydrogens is 372 g/mol. The summed E-state index contributed by atoms with van der Waals surface area (Å²) >= 11 is 0. The highest BCUT2D eigenvalue weighted by Crippen LogP contribution is 2.30. The van der Waals surface area contributed by atoms with Gasteiger partial charge >= 0.3 is 0 Å². The summed E-state index contributed by atoms with van der Waals surface area (Å²) in [5.74, 6) is -0.358. The maximum Gasteiger partial charge on any atom is 0.293 e. The van der Waals surface area contributed by atoms with Crippen molar-refractivity contribution in [1.29, 1.82) is 0 Å². The Bertz CT molecular complexity index is 901. The normalized spacial score (nSPS) is 16.3. The highest BCUT2D eigenvalue weighted by molar-refractivity contribution is 5.96. The second-order valence-electron chi connectivity index (χ2n) is 7.24. The highest BCUT2D eigenvalue weighted by Gasteiger charge is 2.26. The van der Waals surface area contributed by atoms with Crippen LogP contribution in [-0.4, -0.2) is 34.7 Å². The van der Waals surface area contributed by atoms with Crippen molar-refractivity contribution >= 4 is 28.9 Å². The Morgan fingerprint density at radius 2 is 1.97 bits per heavy atom. The zero-order chi connectivity index (χ0) is 20.8. The number of amides is 2. The van der Waals surface area contributed by atoms with E-state index in [1.54, 1.807) is 17.0 Å². The summed E-state index contributed by atoms with van der Waals surface area (Å²) in [5, 5.41) is 14.6. The van der Waals surface area contributed by atoms with Gasteiger partial charge in [0.2, 0.25) is 5.91 Å². The van der Waals surface area contributed by atoms with Crippen LogP contribution in [0.5, 0.6) is 0 Å². The third kappa shape index (κ3) is 5.31. The second-order valence-corrected chi connectivity index (χ2v) is 7.24. The van der Waals surface area contributed by atoms with Crippen molar-refractivity contribution in [3.63, 3.8) is 0 Å². The molecule has 0 bridgehead atoms. The number of hydrogen-bond donors (Lipinski definition) is 2. The number of primary amides is 1. The van der Waals surface area contributed by atoms with Gasteiger partial charge in [0.1, 0.15) is 5.69 Å². The molecule has 8 nitrogen and oxygen atoms in total. The molecule has 0 aromatic heterocycles. The molecule has 1 aliphatic heterocycles. The molecule has 0 spiro atoms. The molecule has 152 valence electrons. The lowest BCUT2D eigenvalue weighted by Gasteiger charge is -2.32. The minimum Gasteiger partial charge on any atom is -0.370 e. The van der Waals surface area contributed by atoms with Gasteiger partial charge in [0, 0.05) is 36.8 Å². The number of nitro groups is 1. The lowest BCUT2D eigenvalue weighted by Crippen LogP contribution is -2.40. The fraction of sp³-hybridized carbons (Fsp3) is 0.333. The van der Waals surface area contributed by atoms with E-state index >= 15 is 0 Å². The molecular formula is C21H24N4O4. The maximum absolute atomic E-state index is 12.9. The Hall–Kier alpha value is -3.42. The smallest absolute Gasteiger partial charge is 0.293 e. The Balaban J connectivity index is 1.76. The molecule has 8 heteroatoms. The molecule has 29 heavy (non-hydrogen) atoms. The van der Waals surface area contributed by atoms with E-state index in [0.29, 0.717) is 31.6 Å². The zero-order valence-corrected chi connectivity index (χ0v) is 16.0. The molecule has 1 fully saturated rings. The van der Waals surface area contributed by atoms with Gasteiger partial charge in [-0.3, -0.25) is 19.7 Å². The standard InChI is InChI=1S/C21H24N4O4/c22-20(26)11-8-15-5-4-12-24(14-15)21(27)16-9-10-18(19(13-16)25(28)29)23-17-6-2-1-3-7-17/h1-3,6-7,9-10,13,15,23H,4-5,8,11-12,14H2,(H2,22,26). The number of likely N-dealkylation sites (tertiary alicyclic amines) is 1. The number of anilines is 2. The van der Waals surface area contributed by atoms with Crippen molar-refractivity contribution < 1.29 is 14.5 Å². The van der Waals surface area contributed by atoms with Crippen LogP contribution in [0.3, 0.4) is 0 Å². The molecule has 3 rings (SSSR count). The molecule has 2 aromatic rings. The first kappa shape index (κ1) is 20.3. The molecule has 0 radical (unpaired) electrons. The van der Waals surface area contributed by atoms with Gasteiger partial charge in [-0.1, -0.05) is 18.2 Å². The highest BCUT2D eigenvalue weighted by atomic mass is 16.6. The number of nitrogens with zero attached hydrogens (tertiary/aromatic N) is 2. The SMILES string of the molecule is NC(=O)CCC1CCCN(C(=O)c2ccc(Nc3ccccc3)c([N+](=O)[O-])c2)C1. The Morgan fingerprint density at radius 1 is 1.21 bits per heavy atom. The number of nitro benzene ring substituents is 1. The van der Waals surface area contributed by atoms with E-state index < -0.39 is 4.92 Å². The van der Waals surface area contributed by atoms with Gasteiger partial charge in [-0.15, -0.1) is 0 Å². The van der Waals surface area contributed by atoms with Gasteiger partial charge in [0.25, 0.3) is 11.6 Å². The predicted octanol–water partition coefficient (Wildman–Crippen LogP) is 3.46.